The van der Waals surface area contributed by atoms with Crippen LogP contribution >= 0.6 is 0 Å². The molecular weight excluding hydrogens is 386 g/mol. The van der Waals surface area contributed by atoms with Crippen LogP contribution in [-0.4, -0.2) is 37.1 Å². The fourth-order valence-electron chi connectivity index (χ4n) is 5.62. The second-order valence-electron chi connectivity index (χ2n) is 8.99. The van der Waals surface area contributed by atoms with E-state index in [2.05, 4.69) is 63.0 Å². The monoisotopic (exact) mass is 411 g/mol. The zero-order valence-corrected chi connectivity index (χ0v) is 17.6. The van der Waals surface area contributed by atoms with Crippen molar-refractivity contribution in [3.05, 3.63) is 82.9 Å². The summed E-state index contributed by atoms with van der Waals surface area (Å²) in [5, 5.41) is 1.34. The Morgan fingerprint density at radius 2 is 1.87 bits per heavy atom. The van der Waals surface area contributed by atoms with E-state index >= 15 is 0 Å². The number of nitrogens with zero attached hydrogens (tertiary/aromatic N) is 5. The molecule has 2 atom stereocenters. The molecule has 0 saturated carbocycles. The highest BCUT2D eigenvalue weighted by Crippen LogP contribution is 2.36. The summed E-state index contributed by atoms with van der Waals surface area (Å²) in [5.41, 5.74) is 5.40. The van der Waals surface area contributed by atoms with E-state index < -0.39 is 0 Å². The number of hydrogen-bond donors (Lipinski definition) is 0. The maximum absolute atomic E-state index is 13.3. The van der Waals surface area contributed by atoms with E-state index in [-0.39, 0.29) is 5.56 Å². The third-order valence-electron chi connectivity index (χ3n) is 6.92. The molecule has 6 rings (SSSR count). The average molecular weight is 412 g/mol. The Morgan fingerprint density at radius 1 is 1.03 bits per heavy atom. The van der Waals surface area contributed by atoms with Crippen LogP contribution in [0.25, 0.3) is 22.0 Å². The van der Waals surface area contributed by atoms with Crippen LogP contribution in [0.15, 0.2) is 66.1 Å². The van der Waals surface area contributed by atoms with Crippen molar-refractivity contribution in [1.82, 2.24) is 24.0 Å². The van der Waals surface area contributed by atoms with Crippen LogP contribution < -0.4 is 5.56 Å². The van der Waals surface area contributed by atoms with Crippen molar-refractivity contribution >= 4 is 10.9 Å². The summed E-state index contributed by atoms with van der Waals surface area (Å²) < 4.78 is 4.23. The smallest absolute Gasteiger partial charge is 0.258 e. The minimum Gasteiger partial charge on any atom is -0.350 e. The summed E-state index contributed by atoms with van der Waals surface area (Å²) in [7, 11) is 2.12. The predicted octanol–water partition coefficient (Wildman–Crippen LogP) is 3.42. The molecule has 6 heteroatoms. The van der Waals surface area contributed by atoms with Gasteiger partial charge in [0.25, 0.3) is 5.56 Å². The second-order valence-corrected chi connectivity index (χ2v) is 8.99. The van der Waals surface area contributed by atoms with Gasteiger partial charge in [-0.25, -0.2) is 9.97 Å². The van der Waals surface area contributed by atoms with Crippen molar-refractivity contribution in [3.63, 3.8) is 0 Å². The van der Waals surface area contributed by atoms with Crippen molar-refractivity contribution in [2.24, 2.45) is 13.0 Å². The Kier molecular flexibility index (Phi) is 4.28. The first kappa shape index (κ1) is 18.5. The van der Waals surface area contributed by atoms with E-state index in [0.717, 1.165) is 31.7 Å². The van der Waals surface area contributed by atoms with Gasteiger partial charge in [-0.2, -0.15) is 0 Å². The third-order valence-corrected chi connectivity index (χ3v) is 6.92. The summed E-state index contributed by atoms with van der Waals surface area (Å²) >= 11 is 0. The summed E-state index contributed by atoms with van der Waals surface area (Å²) in [5.74, 6) is 0.900. The highest BCUT2D eigenvalue weighted by atomic mass is 16.1. The zero-order chi connectivity index (χ0) is 20.9. The minimum atomic E-state index is 0.0875. The highest BCUT2D eigenvalue weighted by Gasteiger charge is 2.35. The fourth-order valence-corrected chi connectivity index (χ4v) is 5.62. The van der Waals surface area contributed by atoms with Crippen molar-refractivity contribution in [2.75, 3.05) is 13.1 Å². The number of rotatable bonds is 3. The maximum atomic E-state index is 13.3. The first-order valence-electron chi connectivity index (χ1n) is 10.9. The average Bonchev–Trinajstić information content (AvgIpc) is 3.10. The van der Waals surface area contributed by atoms with E-state index in [1.807, 2.05) is 10.6 Å². The molecule has 2 bridgehead atoms. The van der Waals surface area contributed by atoms with E-state index in [1.165, 1.54) is 34.9 Å². The molecule has 0 aliphatic carbocycles. The number of likely N-dealkylation sites (tertiary alicyclic amines) is 1. The molecule has 2 aliphatic rings. The minimum absolute atomic E-state index is 0.0875. The molecule has 0 amide bonds. The fraction of sp³-hybridized carbons (Fsp3) is 0.320. The van der Waals surface area contributed by atoms with Gasteiger partial charge in [0.15, 0.2) is 0 Å². The largest absolute Gasteiger partial charge is 0.350 e. The molecule has 0 N–H and O–H groups in total. The van der Waals surface area contributed by atoms with Gasteiger partial charge in [0.1, 0.15) is 6.33 Å². The molecule has 31 heavy (non-hydrogen) atoms. The Bertz CT molecular complexity index is 1320. The van der Waals surface area contributed by atoms with E-state index in [9.17, 15) is 4.79 Å². The van der Waals surface area contributed by atoms with Crippen molar-refractivity contribution < 1.29 is 0 Å². The van der Waals surface area contributed by atoms with Crippen LogP contribution in [0, 0.1) is 5.92 Å². The summed E-state index contributed by atoms with van der Waals surface area (Å²) in [6, 6.07) is 12.7. The van der Waals surface area contributed by atoms with Gasteiger partial charge in [-0.05, 0) is 36.1 Å². The lowest BCUT2D eigenvalue weighted by Crippen LogP contribution is -2.46. The summed E-state index contributed by atoms with van der Waals surface area (Å²) in [6.45, 7) is 3.77. The normalized spacial score (nSPS) is 20.7. The standard InChI is InChI=1S/C25H25N5O/c1-28-13-20(21-4-2-3-5-24(21)28)15-29-11-17-8-18(14-29)23-7-6-22(25(31)30(23)12-17)19-9-26-16-27-10-19/h2-7,9-10,13,16-18H,8,11-12,14-15H2,1H3/t17-,18+/m0/s1. The Balaban J connectivity index is 1.30. The SMILES string of the molecule is Cn1cc(CN2C[C@@H]3C[C@H](C2)c2ccc(-c4cncnc4)c(=O)n2C3)c2ccccc21. The molecule has 0 unspecified atom stereocenters. The molecule has 0 radical (unpaired) electrons. The van der Waals surface area contributed by atoms with Gasteiger partial charge in [-0.15, -0.1) is 0 Å². The maximum Gasteiger partial charge on any atom is 0.258 e. The molecule has 1 aromatic carbocycles. The van der Waals surface area contributed by atoms with Crippen LogP contribution in [0.4, 0.5) is 0 Å². The van der Waals surface area contributed by atoms with Gasteiger partial charge in [-0.3, -0.25) is 9.69 Å². The van der Waals surface area contributed by atoms with Gasteiger partial charge in [0.05, 0.1) is 5.56 Å². The Morgan fingerprint density at radius 3 is 2.74 bits per heavy atom. The number of aryl methyl sites for hydroxylation is 1. The lowest BCUT2D eigenvalue weighted by molar-refractivity contribution is 0.115. The quantitative estimate of drug-likeness (QED) is 0.518. The van der Waals surface area contributed by atoms with Gasteiger partial charge < -0.3 is 9.13 Å². The van der Waals surface area contributed by atoms with Crippen molar-refractivity contribution in [3.8, 4) is 11.1 Å². The summed E-state index contributed by atoms with van der Waals surface area (Å²) in [4.78, 5) is 24.0. The number of piperidine rings is 1. The van der Waals surface area contributed by atoms with Crippen LogP contribution in [0.1, 0.15) is 23.6 Å². The molecule has 4 aromatic rings. The first-order chi connectivity index (χ1) is 15.2. The lowest BCUT2D eigenvalue weighted by atomic mass is 9.82. The lowest BCUT2D eigenvalue weighted by Gasteiger charge is -2.43. The van der Waals surface area contributed by atoms with Crippen LogP contribution in [-0.2, 0) is 20.1 Å². The van der Waals surface area contributed by atoms with Crippen molar-refractivity contribution in [1.29, 1.82) is 0 Å². The number of para-hydroxylation sites is 1. The first-order valence-corrected chi connectivity index (χ1v) is 10.9. The highest BCUT2D eigenvalue weighted by molar-refractivity contribution is 5.83. The molecule has 1 saturated heterocycles. The van der Waals surface area contributed by atoms with Gasteiger partial charge in [0, 0.05) is 79.9 Å². The molecule has 2 aliphatic heterocycles. The van der Waals surface area contributed by atoms with E-state index in [1.54, 1.807) is 12.4 Å². The topological polar surface area (TPSA) is 56.0 Å². The van der Waals surface area contributed by atoms with Crippen LogP contribution in [0.5, 0.6) is 0 Å². The number of pyridine rings is 1. The van der Waals surface area contributed by atoms with E-state index in [4.69, 9.17) is 0 Å². The number of benzene rings is 1. The summed E-state index contributed by atoms with van der Waals surface area (Å²) in [6.07, 6.45) is 8.36. The number of fused-ring (bicyclic) bond motifs is 5. The van der Waals surface area contributed by atoms with Crippen molar-refractivity contribution in [2.45, 2.75) is 25.4 Å². The van der Waals surface area contributed by atoms with Crippen LogP contribution in [0.3, 0.4) is 0 Å². The van der Waals surface area contributed by atoms with Crippen LogP contribution in [0.2, 0.25) is 0 Å². The second kappa shape index (κ2) is 7.17. The Labute approximate surface area is 180 Å². The van der Waals surface area contributed by atoms with Gasteiger partial charge in [-0.1, -0.05) is 18.2 Å². The molecule has 5 heterocycles. The molecular formula is C25H25N5O. The van der Waals surface area contributed by atoms with Gasteiger partial charge in [0.2, 0.25) is 0 Å². The zero-order valence-electron chi connectivity index (χ0n) is 17.6. The Hall–Kier alpha value is -3.25. The molecule has 0 spiro atoms. The number of aromatic nitrogens is 4. The third kappa shape index (κ3) is 3.10. The number of hydrogen-bond acceptors (Lipinski definition) is 4. The molecule has 1 fully saturated rings. The van der Waals surface area contributed by atoms with E-state index in [0.29, 0.717) is 17.4 Å². The molecule has 6 nitrogen and oxygen atoms in total. The molecule has 156 valence electrons. The predicted molar refractivity (Wildman–Crippen MR) is 121 cm³/mol. The van der Waals surface area contributed by atoms with Gasteiger partial charge >= 0.3 is 0 Å². The molecule has 3 aromatic heterocycles.